The van der Waals surface area contributed by atoms with Gasteiger partial charge in [-0.2, -0.15) is 0 Å². The summed E-state index contributed by atoms with van der Waals surface area (Å²) < 4.78 is 16.9. The summed E-state index contributed by atoms with van der Waals surface area (Å²) in [7, 11) is 0. The third-order valence-corrected chi connectivity index (χ3v) is 4.31. The molecule has 2 aromatic rings. The first-order valence-corrected chi connectivity index (χ1v) is 6.82. The zero-order valence-electron chi connectivity index (χ0n) is 11.2. The number of aryl methyl sites for hydroxylation is 1. The fraction of sp³-hybridized carbons (Fsp3) is 0.385. The molecule has 100 valence electrons. The largest absolute Gasteiger partial charge is 0.369 e. The zero-order chi connectivity index (χ0) is 13.9. The van der Waals surface area contributed by atoms with Crippen LogP contribution >= 0.6 is 15.9 Å². The van der Waals surface area contributed by atoms with Gasteiger partial charge in [-0.25, -0.2) is 4.39 Å². The molecule has 0 atom stereocenters. The van der Waals surface area contributed by atoms with E-state index in [1.165, 1.54) is 6.07 Å². The van der Waals surface area contributed by atoms with Crippen LogP contribution in [-0.4, -0.2) is 14.8 Å². The molecule has 1 aromatic carbocycles. The third-order valence-electron chi connectivity index (χ3n) is 3.49. The lowest BCUT2D eigenvalue weighted by molar-refractivity contribution is 0.521. The number of halogens is 2. The van der Waals surface area contributed by atoms with Crippen molar-refractivity contribution < 1.29 is 4.39 Å². The van der Waals surface area contributed by atoms with Crippen molar-refractivity contribution >= 4 is 21.6 Å². The average Bonchev–Trinajstić information content (AvgIpc) is 2.69. The Morgan fingerprint density at radius 1 is 1.32 bits per heavy atom. The molecule has 1 aliphatic heterocycles. The highest BCUT2D eigenvalue weighted by molar-refractivity contribution is 9.10. The summed E-state index contributed by atoms with van der Waals surface area (Å²) in [6, 6.07) is 1.49. The van der Waals surface area contributed by atoms with Crippen molar-refractivity contribution in [2.45, 2.75) is 33.2 Å². The van der Waals surface area contributed by atoms with Crippen molar-refractivity contribution in [3.8, 4) is 5.69 Å². The quantitative estimate of drug-likeness (QED) is 0.807. The van der Waals surface area contributed by atoms with Crippen LogP contribution in [0.5, 0.6) is 0 Å². The van der Waals surface area contributed by atoms with E-state index in [1.807, 2.05) is 32.3 Å². The second kappa shape index (κ2) is 3.79. The molecule has 1 aliphatic rings. The van der Waals surface area contributed by atoms with Crippen molar-refractivity contribution in [1.82, 2.24) is 14.8 Å². The number of nitrogens with one attached hydrogen (secondary N) is 1. The Morgan fingerprint density at radius 3 is 2.68 bits per heavy atom. The maximum atomic E-state index is 14.2. The number of anilines is 1. The molecule has 0 amide bonds. The van der Waals surface area contributed by atoms with Crippen LogP contribution in [0.25, 0.3) is 5.69 Å². The van der Waals surface area contributed by atoms with Gasteiger partial charge >= 0.3 is 0 Å². The molecule has 0 unspecified atom stereocenters. The number of benzene rings is 1. The molecule has 19 heavy (non-hydrogen) atoms. The first kappa shape index (κ1) is 12.6. The van der Waals surface area contributed by atoms with Gasteiger partial charge in [-0.15, -0.1) is 10.2 Å². The number of hydrogen-bond acceptors (Lipinski definition) is 3. The average molecular weight is 325 g/mol. The molecule has 0 radical (unpaired) electrons. The Hall–Kier alpha value is -1.43. The van der Waals surface area contributed by atoms with E-state index in [2.05, 4.69) is 31.4 Å². The van der Waals surface area contributed by atoms with Gasteiger partial charge in [0.05, 0.1) is 16.9 Å². The highest BCUT2D eigenvalue weighted by Gasteiger charge is 2.36. The second-order valence-electron chi connectivity index (χ2n) is 5.35. The van der Waals surface area contributed by atoms with Crippen LogP contribution < -0.4 is 5.32 Å². The van der Waals surface area contributed by atoms with Crippen LogP contribution in [0.3, 0.4) is 0 Å². The normalized spacial score (nSPS) is 15.7. The van der Waals surface area contributed by atoms with Gasteiger partial charge in [-0.1, -0.05) is 15.9 Å². The molecule has 6 heteroatoms. The van der Waals surface area contributed by atoms with Gasteiger partial charge in [-0.3, -0.25) is 4.57 Å². The smallest absolute Gasteiger partial charge is 0.162 e. The van der Waals surface area contributed by atoms with Crippen LogP contribution in [-0.2, 0) is 5.54 Å². The highest BCUT2D eigenvalue weighted by atomic mass is 79.9. The standard InChI is InChI=1S/C13H14BrFN4/c1-6-8(14)5-9(15)10-11(6)19-7(2)17-18-12(19)13(3,4)16-10/h5,16H,1-4H3. The number of rotatable bonds is 0. The van der Waals surface area contributed by atoms with Gasteiger partial charge in [0.1, 0.15) is 11.6 Å². The summed E-state index contributed by atoms with van der Waals surface area (Å²) in [6.07, 6.45) is 0. The summed E-state index contributed by atoms with van der Waals surface area (Å²) in [5.74, 6) is 1.27. The lowest BCUT2D eigenvalue weighted by Crippen LogP contribution is -2.36. The molecule has 0 spiro atoms. The van der Waals surface area contributed by atoms with Gasteiger partial charge in [-0.05, 0) is 39.3 Å². The summed E-state index contributed by atoms with van der Waals surface area (Å²) in [5, 5.41) is 11.6. The molecular weight excluding hydrogens is 311 g/mol. The third kappa shape index (κ3) is 1.62. The number of hydrogen-bond donors (Lipinski definition) is 1. The number of nitrogens with zero attached hydrogens (tertiary/aromatic N) is 3. The highest BCUT2D eigenvalue weighted by Crippen LogP contribution is 2.41. The monoisotopic (exact) mass is 324 g/mol. The van der Waals surface area contributed by atoms with Gasteiger partial charge in [0.25, 0.3) is 0 Å². The van der Waals surface area contributed by atoms with E-state index in [1.54, 1.807) is 0 Å². The molecule has 0 bridgehead atoms. The number of aromatic nitrogens is 3. The van der Waals surface area contributed by atoms with Gasteiger partial charge in [0, 0.05) is 4.47 Å². The van der Waals surface area contributed by atoms with Gasteiger partial charge < -0.3 is 5.32 Å². The van der Waals surface area contributed by atoms with Crippen molar-refractivity contribution in [2.75, 3.05) is 5.32 Å². The van der Waals surface area contributed by atoms with E-state index in [0.29, 0.717) is 5.69 Å². The van der Waals surface area contributed by atoms with Crippen molar-refractivity contribution in [3.63, 3.8) is 0 Å². The molecular formula is C13H14BrFN4. The van der Waals surface area contributed by atoms with Gasteiger partial charge in [0.15, 0.2) is 5.82 Å². The van der Waals surface area contributed by atoms with E-state index in [-0.39, 0.29) is 5.82 Å². The Morgan fingerprint density at radius 2 is 2.00 bits per heavy atom. The van der Waals surface area contributed by atoms with Crippen LogP contribution in [0, 0.1) is 19.7 Å². The van der Waals surface area contributed by atoms with E-state index >= 15 is 0 Å². The second-order valence-corrected chi connectivity index (χ2v) is 6.20. The Kier molecular flexibility index (Phi) is 2.51. The van der Waals surface area contributed by atoms with Crippen LogP contribution in [0.15, 0.2) is 10.5 Å². The fourth-order valence-electron chi connectivity index (χ4n) is 2.51. The molecule has 1 N–H and O–H groups in total. The molecule has 0 aliphatic carbocycles. The molecule has 4 nitrogen and oxygen atoms in total. The van der Waals surface area contributed by atoms with Crippen LogP contribution in [0.4, 0.5) is 10.1 Å². The maximum absolute atomic E-state index is 14.2. The first-order valence-electron chi connectivity index (χ1n) is 6.02. The maximum Gasteiger partial charge on any atom is 0.162 e. The van der Waals surface area contributed by atoms with Crippen molar-refractivity contribution in [3.05, 3.63) is 33.6 Å². The molecule has 2 heterocycles. The van der Waals surface area contributed by atoms with E-state index < -0.39 is 5.54 Å². The summed E-state index contributed by atoms with van der Waals surface area (Å²) >= 11 is 3.40. The van der Waals surface area contributed by atoms with Crippen LogP contribution in [0.1, 0.15) is 31.1 Å². The predicted octanol–water partition coefficient (Wildman–Crippen LogP) is 3.45. The first-order chi connectivity index (χ1) is 8.83. The fourth-order valence-corrected chi connectivity index (χ4v) is 2.90. The van der Waals surface area contributed by atoms with E-state index in [4.69, 9.17) is 0 Å². The number of fused-ring (bicyclic) bond motifs is 3. The SMILES string of the molecule is Cc1c(Br)cc(F)c2c1-n1c(C)nnc1C(C)(C)N2. The predicted molar refractivity (Wildman–Crippen MR) is 75.1 cm³/mol. The van der Waals surface area contributed by atoms with Crippen LogP contribution in [0.2, 0.25) is 0 Å². The van der Waals surface area contributed by atoms with Gasteiger partial charge in [0.2, 0.25) is 0 Å². The summed E-state index contributed by atoms with van der Waals surface area (Å²) in [4.78, 5) is 0. The lowest BCUT2D eigenvalue weighted by atomic mass is 9.98. The minimum Gasteiger partial charge on any atom is -0.369 e. The summed E-state index contributed by atoms with van der Waals surface area (Å²) in [5.41, 5.74) is 1.78. The Balaban J connectivity index is 2.45. The molecule has 0 saturated carbocycles. The molecule has 3 rings (SSSR count). The molecule has 0 fully saturated rings. The zero-order valence-corrected chi connectivity index (χ0v) is 12.8. The Labute approximate surface area is 119 Å². The van der Waals surface area contributed by atoms with E-state index in [9.17, 15) is 4.39 Å². The Bertz CT molecular complexity index is 690. The topological polar surface area (TPSA) is 42.7 Å². The molecule has 1 aromatic heterocycles. The van der Waals surface area contributed by atoms with Crippen molar-refractivity contribution in [1.29, 1.82) is 0 Å². The van der Waals surface area contributed by atoms with E-state index in [0.717, 1.165) is 27.4 Å². The minimum absolute atomic E-state index is 0.278. The summed E-state index contributed by atoms with van der Waals surface area (Å²) in [6.45, 7) is 7.75. The molecule has 0 saturated heterocycles. The lowest BCUT2D eigenvalue weighted by Gasteiger charge is -2.35. The van der Waals surface area contributed by atoms with Crippen molar-refractivity contribution in [2.24, 2.45) is 0 Å². The minimum atomic E-state index is -0.463.